The van der Waals surface area contributed by atoms with Gasteiger partial charge in [0.1, 0.15) is 0 Å². The lowest BCUT2D eigenvalue weighted by atomic mass is 9.90. The Labute approximate surface area is 101 Å². The number of unbranched alkanes of at least 4 members (excludes halogenated alkanes) is 2. The molecule has 0 heteroatoms. The summed E-state index contributed by atoms with van der Waals surface area (Å²) in [7, 11) is 0. The van der Waals surface area contributed by atoms with Crippen LogP contribution in [-0.2, 0) is 6.42 Å². The summed E-state index contributed by atoms with van der Waals surface area (Å²) in [6.07, 6.45) is 9.40. The Balaban J connectivity index is 2.38. The van der Waals surface area contributed by atoms with E-state index < -0.39 is 0 Å². The predicted molar refractivity (Wildman–Crippen MR) is 71.5 cm³/mol. The largest absolute Gasteiger partial charge is 0.0654 e. The monoisotopic (exact) mass is 217 g/mol. The van der Waals surface area contributed by atoms with E-state index in [4.69, 9.17) is 0 Å². The zero-order chi connectivity index (χ0) is 11.6. The molecule has 1 aromatic carbocycles. The van der Waals surface area contributed by atoms with Gasteiger partial charge in [0, 0.05) is 0 Å². The second-order valence-electron chi connectivity index (χ2n) is 4.74. The molecule has 1 rings (SSSR count). The maximum absolute atomic E-state index is 3.35. The van der Waals surface area contributed by atoms with Crippen LogP contribution in [-0.4, -0.2) is 0 Å². The van der Waals surface area contributed by atoms with Crippen molar-refractivity contribution < 1.29 is 0 Å². The summed E-state index contributed by atoms with van der Waals surface area (Å²) in [5.74, 6) is 0.871. The van der Waals surface area contributed by atoms with E-state index in [-0.39, 0.29) is 0 Å². The predicted octanol–water partition coefficient (Wildman–Crippen LogP) is 5.03. The van der Waals surface area contributed by atoms with Crippen molar-refractivity contribution in [3.63, 3.8) is 0 Å². The molecule has 0 aliphatic carbocycles. The molecular formula is C16H25. The van der Waals surface area contributed by atoms with E-state index >= 15 is 0 Å². The van der Waals surface area contributed by atoms with Crippen molar-refractivity contribution in [1.29, 1.82) is 0 Å². The van der Waals surface area contributed by atoms with Crippen LogP contribution in [0.15, 0.2) is 24.3 Å². The van der Waals surface area contributed by atoms with E-state index in [9.17, 15) is 0 Å². The lowest BCUT2D eigenvalue weighted by molar-refractivity contribution is 0.422. The molecule has 0 aromatic heterocycles. The first-order valence-electron chi connectivity index (χ1n) is 6.82. The number of hydrogen-bond acceptors (Lipinski definition) is 0. The molecule has 1 atom stereocenters. The van der Waals surface area contributed by atoms with Gasteiger partial charge in [0.2, 0.25) is 0 Å². The van der Waals surface area contributed by atoms with Gasteiger partial charge in [-0.15, -0.1) is 0 Å². The van der Waals surface area contributed by atoms with Gasteiger partial charge in [-0.2, -0.15) is 0 Å². The molecule has 1 aromatic rings. The van der Waals surface area contributed by atoms with Crippen LogP contribution in [0.1, 0.15) is 57.9 Å². The van der Waals surface area contributed by atoms with E-state index in [2.05, 4.69) is 38.1 Å². The molecule has 1 unspecified atom stereocenters. The van der Waals surface area contributed by atoms with Crippen molar-refractivity contribution in [2.45, 2.75) is 58.8 Å². The van der Waals surface area contributed by atoms with Crippen molar-refractivity contribution >= 4 is 0 Å². The summed E-state index contributed by atoms with van der Waals surface area (Å²) >= 11 is 0. The highest BCUT2D eigenvalue weighted by atomic mass is 14.1. The fraction of sp³-hybridized carbons (Fsp3) is 0.625. The fourth-order valence-electron chi connectivity index (χ4n) is 2.31. The first-order valence-corrected chi connectivity index (χ1v) is 6.82. The molecule has 0 amide bonds. The van der Waals surface area contributed by atoms with Crippen molar-refractivity contribution in [2.24, 2.45) is 5.92 Å². The first-order chi connectivity index (χ1) is 7.86. The summed E-state index contributed by atoms with van der Waals surface area (Å²) in [6, 6.07) is 11.8. The molecule has 0 aliphatic heterocycles. The van der Waals surface area contributed by atoms with Gasteiger partial charge in [0.15, 0.2) is 0 Å². The smallest absolute Gasteiger partial charge is 0.0149 e. The van der Waals surface area contributed by atoms with Gasteiger partial charge in [-0.25, -0.2) is 0 Å². The minimum absolute atomic E-state index is 0.871. The third-order valence-corrected chi connectivity index (χ3v) is 3.19. The minimum Gasteiger partial charge on any atom is -0.0654 e. The summed E-state index contributed by atoms with van der Waals surface area (Å²) < 4.78 is 0. The van der Waals surface area contributed by atoms with Gasteiger partial charge in [-0.1, -0.05) is 76.6 Å². The Kier molecular flexibility index (Phi) is 6.96. The molecule has 0 fully saturated rings. The molecular weight excluding hydrogens is 192 g/mol. The Bertz CT molecular complexity index is 250. The molecule has 0 aliphatic rings. The van der Waals surface area contributed by atoms with Crippen LogP contribution < -0.4 is 0 Å². The van der Waals surface area contributed by atoms with E-state index in [1.165, 1.54) is 50.5 Å². The van der Waals surface area contributed by atoms with E-state index in [1.54, 1.807) is 0 Å². The standard InChI is InChI=1S/C16H25/c1-3-5-7-11-15(10-4-2)14-16-12-8-6-9-13-16/h6,8-9,12,15H,3-5,7,10-11,14H2,1-2H3. The van der Waals surface area contributed by atoms with Crippen molar-refractivity contribution in [1.82, 2.24) is 0 Å². The maximum atomic E-state index is 3.35. The van der Waals surface area contributed by atoms with Crippen molar-refractivity contribution in [2.75, 3.05) is 0 Å². The summed E-state index contributed by atoms with van der Waals surface area (Å²) in [5, 5.41) is 0. The SMILES string of the molecule is CCCCCC(CCC)Cc1[c]cccc1. The Morgan fingerprint density at radius 1 is 1.06 bits per heavy atom. The summed E-state index contributed by atoms with van der Waals surface area (Å²) in [4.78, 5) is 0. The van der Waals surface area contributed by atoms with Gasteiger partial charge < -0.3 is 0 Å². The highest BCUT2D eigenvalue weighted by Crippen LogP contribution is 2.20. The quantitative estimate of drug-likeness (QED) is 0.536. The Morgan fingerprint density at radius 2 is 1.94 bits per heavy atom. The third-order valence-electron chi connectivity index (χ3n) is 3.19. The summed E-state index contributed by atoms with van der Waals surface area (Å²) in [6.45, 7) is 4.57. The average Bonchev–Trinajstić information content (AvgIpc) is 2.31. The number of rotatable bonds is 8. The van der Waals surface area contributed by atoms with Crippen LogP contribution >= 0.6 is 0 Å². The van der Waals surface area contributed by atoms with Crippen LogP contribution in [0.2, 0.25) is 0 Å². The zero-order valence-electron chi connectivity index (χ0n) is 10.8. The highest BCUT2D eigenvalue weighted by Gasteiger charge is 2.08. The van der Waals surface area contributed by atoms with Gasteiger partial charge in [-0.3, -0.25) is 0 Å². The van der Waals surface area contributed by atoms with Crippen molar-refractivity contribution in [3.8, 4) is 0 Å². The average molecular weight is 217 g/mol. The molecule has 0 saturated heterocycles. The normalized spacial score (nSPS) is 12.6. The maximum Gasteiger partial charge on any atom is -0.0149 e. The molecule has 89 valence electrons. The van der Waals surface area contributed by atoms with Gasteiger partial charge in [0.25, 0.3) is 0 Å². The van der Waals surface area contributed by atoms with Crippen LogP contribution in [0.5, 0.6) is 0 Å². The molecule has 0 saturated carbocycles. The number of benzene rings is 1. The minimum atomic E-state index is 0.871. The molecule has 0 heterocycles. The van der Waals surface area contributed by atoms with Crippen LogP contribution in [0.4, 0.5) is 0 Å². The van der Waals surface area contributed by atoms with E-state index in [0.29, 0.717) is 0 Å². The third kappa shape index (κ3) is 5.34. The molecule has 16 heavy (non-hydrogen) atoms. The topological polar surface area (TPSA) is 0 Å². The lowest BCUT2D eigenvalue weighted by Crippen LogP contribution is -2.04. The summed E-state index contributed by atoms with van der Waals surface area (Å²) in [5.41, 5.74) is 1.39. The second kappa shape index (κ2) is 8.38. The fourth-order valence-corrected chi connectivity index (χ4v) is 2.31. The molecule has 0 N–H and O–H groups in total. The van der Waals surface area contributed by atoms with Crippen molar-refractivity contribution in [3.05, 3.63) is 35.9 Å². The molecule has 1 radical (unpaired) electrons. The van der Waals surface area contributed by atoms with Gasteiger partial charge in [-0.05, 0) is 24.0 Å². The lowest BCUT2D eigenvalue weighted by Gasteiger charge is -2.15. The zero-order valence-corrected chi connectivity index (χ0v) is 10.8. The molecule has 0 nitrogen and oxygen atoms in total. The highest BCUT2D eigenvalue weighted by molar-refractivity contribution is 5.13. The van der Waals surface area contributed by atoms with E-state index in [1.807, 2.05) is 6.07 Å². The molecule has 0 spiro atoms. The Morgan fingerprint density at radius 3 is 2.56 bits per heavy atom. The van der Waals surface area contributed by atoms with E-state index in [0.717, 1.165) is 5.92 Å². The van der Waals surface area contributed by atoms with Crippen LogP contribution in [0.3, 0.4) is 0 Å². The van der Waals surface area contributed by atoms with Crippen LogP contribution in [0.25, 0.3) is 0 Å². The van der Waals surface area contributed by atoms with Gasteiger partial charge >= 0.3 is 0 Å². The second-order valence-corrected chi connectivity index (χ2v) is 4.74. The van der Waals surface area contributed by atoms with Gasteiger partial charge in [0.05, 0.1) is 0 Å². The first kappa shape index (κ1) is 13.3. The van der Waals surface area contributed by atoms with Crippen LogP contribution in [0, 0.1) is 12.0 Å². The molecule has 0 bridgehead atoms. The Hall–Kier alpha value is -0.780. The number of hydrogen-bond donors (Lipinski definition) is 0.